The lowest BCUT2D eigenvalue weighted by Crippen LogP contribution is -2.10. The summed E-state index contributed by atoms with van der Waals surface area (Å²) >= 11 is 0. The molecule has 0 bridgehead atoms. The molecular formula is C25H29N5O3. The van der Waals surface area contributed by atoms with Gasteiger partial charge in [-0.25, -0.2) is 0 Å². The molecule has 0 atom stereocenters. The van der Waals surface area contributed by atoms with Gasteiger partial charge in [0.15, 0.2) is 5.76 Å². The van der Waals surface area contributed by atoms with Crippen molar-refractivity contribution in [3.05, 3.63) is 83.8 Å². The summed E-state index contributed by atoms with van der Waals surface area (Å²) < 4.78 is 15.1. The lowest BCUT2D eigenvalue weighted by molar-refractivity contribution is 0.0992. The van der Waals surface area contributed by atoms with E-state index in [0.717, 1.165) is 17.9 Å². The molecule has 0 aliphatic heterocycles. The molecule has 0 fully saturated rings. The van der Waals surface area contributed by atoms with Crippen LogP contribution in [0.1, 0.15) is 55.1 Å². The molecule has 172 valence electrons. The highest BCUT2D eigenvalue weighted by atomic mass is 16.5. The summed E-state index contributed by atoms with van der Waals surface area (Å²) in [6.45, 7) is 10.2. The summed E-state index contributed by atoms with van der Waals surface area (Å²) in [4.78, 5) is 12.5. The Balaban J connectivity index is 1.30. The zero-order valence-corrected chi connectivity index (χ0v) is 19.4. The number of hydrogen-bond acceptors (Lipinski definition) is 5. The quantitative estimate of drug-likeness (QED) is 0.416. The minimum absolute atomic E-state index is 0.0939. The van der Waals surface area contributed by atoms with Crippen LogP contribution in [-0.2, 0) is 25.1 Å². The first-order valence-electron chi connectivity index (χ1n) is 11.0. The number of aryl methyl sites for hydroxylation is 1. The molecule has 4 aromatic rings. The van der Waals surface area contributed by atoms with Crippen molar-refractivity contribution in [1.29, 1.82) is 0 Å². The Labute approximate surface area is 193 Å². The summed E-state index contributed by atoms with van der Waals surface area (Å²) in [5.41, 5.74) is 2.97. The molecule has 0 saturated carbocycles. The number of aromatic nitrogens is 4. The molecular weight excluding hydrogens is 418 g/mol. The van der Waals surface area contributed by atoms with Gasteiger partial charge in [0.05, 0.1) is 24.6 Å². The van der Waals surface area contributed by atoms with Crippen LogP contribution in [0.15, 0.2) is 65.6 Å². The predicted molar refractivity (Wildman–Crippen MR) is 125 cm³/mol. The molecule has 1 N–H and O–H groups in total. The van der Waals surface area contributed by atoms with Gasteiger partial charge in [-0.15, -0.1) is 0 Å². The van der Waals surface area contributed by atoms with Crippen molar-refractivity contribution in [2.24, 2.45) is 0 Å². The Bertz CT molecular complexity index is 1210. The van der Waals surface area contributed by atoms with Crippen molar-refractivity contribution < 1.29 is 13.9 Å². The van der Waals surface area contributed by atoms with Gasteiger partial charge in [-0.3, -0.25) is 14.2 Å². The summed E-state index contributed by atoms with van der Waals surface area (Å²) in [6, 6.07) is 11.4. The third-order valence-corrected chi connectivity index (χ3v) is 5.23. The summed E-state index contributed by atoms with van der Waals surface area (Å²) in [5, 5.41) is 11.4. The Kier molecular flexibility index (Phi) is 6.35. The molecule has 4 rings (SSSR count). The van der Waals surface area contributed by atoms with Crippen molar-refractivity contribution in [2.45, 2.75) is 52.8 Å². The Hall–Kier alpha value is -3.81. The molecule has 1 amide bonds. The first kappa shape index (κ1) is 22.4. The van der Waals surface area contributed by atoms with Gasteiger partial charge in [0, 0.05) is 24.5 Å². The van der Waals surface area contributed by atoms with Gasteiger partial charge in [-0.2, -0.15) is 10.2 Å². The van der Waals surface area contributed by atoms with E-state index in [2.05, 4.69) is 48.4 Å². The molecule has 3 heterocycles. The van der Waals surface area contributed by atoms with E-state index >= 15 is 0 Å². The van der Waals surface area contributed by atoms with E-state index in [-0.39, 0.29) is 23.7 Å². The maximum absolute atomic E-state index is 12.5. The Morgan fingerprint density at radius 1 is 1.03 bits per heavy atom. The molecule has 0 spiro atoms. The smallest absolute Gasteiger partial charge is 0.291 e. The normalized spacial score (nSPS) is 11.5. The average molecular weight is 448 g/mol. The van der Waals surface area contributed by atoms with Gasteiger partial charge >= 0.3 is 0 Å². The standard InChI is InChI=1S/C25H29N5O3/c1-5-29-14-18(12-26-29)15-30-16-20(13-27-30)28-24(31)23-11-10-22(33-23)17-32-21-8-6-19(7-9-21)25(2,3)4/h6-14,16H,5,15,17H2,1-4H3,(H,28,31). The number of hydrogen-bond donors (Lipinski definition) is 1. The second-order valence-electron chi connectivity index (χ2n) is 8.91. The van der Waals surface area contributed by atoms with Crippen LogP contribution in [0, 0.1) is 0 Å². The van der Waals surface area contributed by atoms with Gasteiger partial charge in [0.1, 0.15) is 18.1 Å². The average Bonchev–Trinajstić information content (AvgIpc) is 3.53. The molecule has 1 aromatic carbocycles. The number of carbonyl (C=O) groups is 1. The molecule has 0 aliphatic carbocycles. The highest BCUT2D eigenvalue weighted by Gasteiger charge is 2.15. The van der Waals surface area contributed by atoms with Gasteiger partial charge in [-0.1, -0.05) is 32.9 Å². The van der Waals surface area contributed by atoms with E-state index in [9.17, 15) is 4.79 Å². The number of benzene rings is 1. The van der Waals surface area contributed by atoms with Crippen LogP contribution in [0.5, 0.6) is 5.75 Å². The number of amides is 1. The molecule has 8 heteroatoms. The van der Waals surface area contributed by atoms with Gasteiger partial charge in [0.2, 0.25) is 0 Å². The van der Waals surface area contributed by atoms with Crippen molar-refractivity contribution in [1.82, 2.24) is 19.6 Å². The number of rotatable bonds is 8. The first-order valence-corrected chi connectivity index (χ1v) is 11.0. The number of anilines is 1. The number of nitrogens with one attached hydrogen (secondary N) is 1. The molecule has 8 nitrogen and oxygen atoms in total. The second kappa shape index (κ2) is 9.36. The molecule has 3 aromatic heterocycles. The molecule has 0 radical (unpaired) electrons. The first-order chi connectivity index (χ1) is 15.8. The van der Waals surface area contributed by atoms with Crippen LogP contribution < -0.4 is 10.1 Å². The van der Waals surface area contributed by atoms with E-state index in [1.54, 1.807) is 29.2 Å². The topological polar surface area (TPSA) is 87.1 Å². The van der Waals surface area contributed by atoms with Crippen LogP contribution >= 0.6 is 0 Å². The SMILES string of the molecule is CCn1cc(Cn2cc(NC(=O)c3ccc(COc4ccc(C(C)(C)C)cc4)o3)cn2)cn1. The van der Waals surface area contributed by atoms with Crippen LogP contribution in [0.3, 0.4) is 0 Å². The van der Waals surface area contributed by atoms with E-state index in [0.29, 0.717) is 18.0 Å². The van der Waals surface area contributed by atoms with Gasteiger partial charge in [0.25, 0.3) is 5.91 Å². The third-order valence-electron chi connectivity index (χ3n) is 5.23. The zero-order valence-electron chi connectivity index (χ0n) is 19.4. The fourth-order valence-corrected chi connectivity index (χ4v) is 3.34. The summed E-state index contributed by atoms with van der Waals surface area (Å²) in [7, 11) is 0. The number of carbonyl (C=O) groups excluding carboxylic acids is 1. The van der Waals surface area contributed by atoms with E-state index < -0.39 is 0 Å². The lowest BCUT2D eigenvalue weighted by atomic mass is 9.87. The predicted octanol–water partition coefficient (Wildman–Crippen LogP) is 4.87. The maximum atomic E-state index is 12.5. The number of furan rings is 1. The van der Waals surface area contributed by atoms with Crippen LogP contribution in [0.2, 0.25) is 0 Å². The fourth-order valence-electron chi connectivity index (χ4n) is 3.34. The largest absolute Gasteiger partial charge is 0.486 e. The van der Waals surface area contributed by atoms with Crippen molar-refractivity contribution in [3.8, 4) is 5.75 Å². The fraction of sp³-hybridized carbons (Fsp3) is 0.320. The zero-order chi connectivity index (χ0) is 23.4. The third kappa shape index (κ3) is 5.71. The Morgan fingerprint density at radius 2 is 1.79 bits per heavy atom. The maximum Gasteiger partial charge on any atom is 0.291 e. The highest BCUT2D eigenvalue weighted by Crippen LogP contribution is 2.24. The molecule has 0 unspecified atom stereocenters. The van der Waals surface area contributed by atoms with Crippen molar-refractivity contribution in [2.75, 3.05) is 5.32 Å². The van der Waals surface area contributed by atoms with Gasteiger partial charge < -0.3 is 14.5 Å². The lowest BCUT2D eigenvalue weighted by Gasteiger charge is -2.19. The van der Waals surface area contributed by atoms with E-state index in [4.69, 9.17) is 9.15 Å². The molecule has 33 heavy (non-hydrogen) atoms. The minimum Gasteiger partial charge on any atom is -0.486 e. The number of nitrogens with zero attached hydrogens (tertiary/aromatic N) is 4. The van der Waals surface area contributed by atoms with Crippen molar-refractivity contribution in [3.63, 3.8) is 0 Å². The highest BCUT2D eigenvalue weighted by molar-refractivity contribution is 6.02. The summed E-state index contributed by atoms with van der Waals surface area (Å²) in [5.74, 6) is 1.20. The van der Waals surface area contributed by atoms with E-state index in [1.165, 1.54) is 5.56 Å². The van der Waals surface area contributed by atoms with E-state index in [1.807, 2.05) is 36.1 Å². The van der Waals surface area contributed by atoms with Crippen molar-refractivity contribution >= 4 is 11.6 Å². The summed E-state index contributed by atoms with van der Waals surface area (Å²) in [6.07, 6.45) is 7.17. The van der Waals surface area contributed by atoms with Crippen LogP contribution in [0.25, 0.3) is 0 Å². The monoisotopic (exact) mass is 447 g/mol. The number of ether oxygens (including phenoxy) is 1. The second-order valence-corrected chi connectivity index (χ2v) is 8.91. The minimum atomic E-state index is -0.339. The van der Waals surface area contributed by atoms with Crippen LogP contribution in [-0.4, -0.2) is 25.5 Å². The molecule has 0 aliphatic rings. The Morgan fingerprint density at radius 3 is 2.48 bits per heavy atom. The molecule has 0 saturated heterocycles. The van der Waals surface area contributed by atoms with Crippen LogP contribution in [0.4, 0.5) is 5.69 Å². The van der Waals surface area contributed by atoms with Gasteiger partial charge in [-0.05, 0) is 42.2 Å².